The molecule has 2 fully saturated rings. The second-order valence-corrected chi connectivity index (χ2v) is 6.95. The van der Waals surface area contributed by atoms with E-state index in [1.165, 1.54) is 50.8 Å². The fraction of sp³-hybridized carbons (Fsp3) is 0.625. The normalized spacial score (nSPS) is 25.7. The highest BCUT2D eigenvalue weighted by atomic mass is 79.9. The first-order chi connectivity index (χ1) is 9.19. The summed E-state index contributed by atoms with van der Waals surface area (Å²) in [6, 6.07) is 6.22. The van der Waals surface area contributed by atoms with E-state index in [2.05, 4.69) is 46.4 Å². The van der Waals surface area contributed by atoms with Gasteiger partial charge in [0.15, 0.2) is 0 Å². The van der Waals surface area contributed by atoms with Crippen molar-refractivity contribution in [2.24, 2.45) is 5.41 Å². The van der Waals surface area contributed by atoms with Crippen molar-refractivity contribution in [2.45, 2.75) is 45.1 Å². The van der Waals surface area contributed by atoms with Crippen molar-refractivity contribution in [3.63, 3.8) is 0 Å². The molecule has 1 N–H and O–H groups in total. The van der Waals surface area contributed by atoms with Crippen LogP contribution in [0.3, 0.4) is 0 Å². The molecule has 1 spiro atoms. The van der Waals surface area contributed by atoms with Crippen LogP contribution in [0, 0.1) is 12.3 Å². The fourth-order valence-corrected chi connectivity index (χ4v) is 3.91. The van der Waals surface area contributed by atoms with Crippen LogP contribution in [-0.2, 0) is 0 Å². The Morgan fingerprint density at radius 2 is 2.05 bits per heavy atom. The number of benzene rings is 1. The van der Waals surface area contributed by atoms with Crippen LogP contribution in [0.1, 0.15) is 37.7 Å². The smallest absolute Gasteiger partial charge is 0.123 e. The maximum Gasteiger partial charge on any atom is 0.123 e. The summed E-state index contributed by atoms with van der Waals surface area (Å²) < 4.78 is 7.40. The minimum atomic E-state index is 0.408. The number of halogens is 1. The molecule has 1 saturated heterocycles. The summed E-state index contributed by atoms with van der Waals surface area (Å²) in [5, 5.41) is 3.47. The van der Waals surface area contributed by atoms with Crippen molar-refractivity contribution >= 4 is 15.9 Å². The SMILES string of the molecule is Cc1c(Br)cccc1O[C@H]1CCC2(CCNCC2)C1. The van der Waals surface area contributed by atoms with Gasteiger partial charge >= 0.3 is 0 Å². The first-order valence-corrected chi connectivity index (χ1v) is 8.10. The molecule has 1 aliphatic heterocycles. The Balaban J connectivity index is 1.67. The van der Waals surface area contributed by atoms with Crippen LogP contribution in [0.4, 0.5) is 0 Å². The molecule has 1 aromatic carbocycles. The van der Waals surface area contributed by atoms with Crippen LogP contribution >= 0.6 is 15.9 Å². The van der Waals surface area contributed by atoms with Crippen LogP contribution in [0.5, 0.6) is 5.75 Å². The molecule has 0 aromatic heterocycles. The van der Waals surface area contributed by atoms with Gasteiger partial charge in [0.1, 0.15) is 5.75 Å². The van der Waals surface area contributed by atoms with E-state index in [0.29, 0.717) is 11.5 Å². The molecule has 1 aliphatic carbocycles. The van der Waals surface area contributed by atoms with Gasteiger partial charge in [-0.2, -0.15) is 0 Å². The van der Waals surface area contributed by atoms with E-state index in [1.54, 1.807) is 0 Å². The summed E-state index contributed by atoms with van der Waals surface area (Å²) >= 11 is 3.58. The molecule has 3 heteroatoms. The Kier molecular flexibility index (Phi) is 3.86. The van der Waals surface area contributed by atoms with Crippen LogP contribution in [0.2, 0.25) is 0 Å². The molecule has 2 aliphatic rings. The standard InChI is InChI=1S/C16H22BrNO/c1-12-14(17)3-2-4-15(12)19-13-5-6-16(11-13)7-9-18-10-8-16/h2-4,13,18H,5-11H2,1H3/t13-/m0/s1. The average molecular weight is 324 g/mol. The Bertz CT molecular complexity index is 454. The molecule has 1 aromatic rings. The Hall–Kier alpha value is -0.540. The number of hydrogen-bond acceptors (Lipinski definition) is 2. The predicted molar refractivity (Wildman–Crippen MR) is 81.7 cm³/mol. The Labute approximate surface area is 124 Å². The zero-order valence-electron chi connectivity index (χ0n) is 11.5. The van der Waals surface area contributed by atoms with E-state index in [-0.39, 0.29) is 0 Å². The monoisotopic (exact) mass is 323 g/mol. The van der Waals surface area contributed by atoms with Crippen LogP contribution in [0.15, 0.2) is 22.7 Å². The van der Waals surface area contributed by atoms with Crippen molar-refractivity contribution in [2.75, 3.05) is 13.1 Å². The van der Waals surface area contributed by atoms with E-state index < -0.39 is 0 Å². The van der Waals surface area contributed by atoms with Gasteiger partial charge in [-0.15, -0.1) is 0 Å². The molecule has 0 bridgehead atoms. The molecule has 3 rings (SSSR count). The predicted octanol–water partition coefficient (Wildman–Crippen LogP) is 4.06. The minimum absolute atomic E-state index is 0.408. The van der Waals surface area contributed by atoms with Gasteiger partial charge in [-0.05, 0) is 69.7 Å². The molecule has 0 amide bonds. The topological polar surface area (TPSA) is 21.3 Å². The first kappa shape index (κ1) is 13.4. The van der Waals surface area contributed by atoms with Gasteiger partial charge in [0.05, 0.1) is 6.10 Å². The molecule has 19 heavy (non-hydrogen) atoms. The summed E-state index contributed by atoms with van der Waals surface area (Å²) in [4.78, 5) is 0. The van der Waals surface area contributed by atoms with Gasteiger partial charge < -0.3 is 10.1 Å². The lowest BCUT2D eigenvalue weighted by molar-refractivity contribution is 0.155. The number of rotatable bonds is 2. The number of hydrogen-bond donors (Lipinski definition) is 1. The van der Waals surface area contributed by atoms with E-state index >= 15 is 0 Å². The summed E-state index contributed by atoms with van der Waals surface area (Å²) in [6.07, 6.45) is 6.85. The quantitative estimate of drug-likeness (QED) is 0.886. The summed E-state index contributed by atoms with van der Waals surface area (Å²) in [5.41, 5.74) is 1.78. The van der Waals surface area contributed by atoms with Crippen molar-refractivity contribution in [3.05, 3.63) is 28.2 Å². The first-order valence-electron chi connectivity index (χ1n) is 7.31. The van der Waals surface area contributed by atoms with Crippen molar-refractivity contribution in [3.8, 4) is 5.75 Å². The third-order valence-electron chi connectivity index (χ3n) is 4.83. The van der Waals surface area contributed by atoms with Crippen LogP contribution in [0.25, 0.3) is 0 Å². The van der Waals surface area contributed by atoms with Gasteiger partial charge in [-0.1, -0.05) is 22.0 Å². The third-order valence-corrected chi connectivity index (χ3v) is 5.69. The second-order valence-electron chi connectivity index (χ2n) is 6.10. The third kappa shape index (κ3) is 2.82. The van der Waals surface area contributed by atoms with Gasteiger partial charge in [0.25, 0.3) is 0 Å². The highest BCUT2D eigenvalue weighted by Crippen LogP contribution is 2.46. The molecule has 1 heterocycles. The highest BCUT2D eigenvalue weighted by Gasteiger charge is 2.40. The number of ether oxygens (including phenoxy) is 1. The lowest BCUT2D eigenvalue weighted by Gasteiger charge is -2.33. The molecular formula is C16H22BrNO. The summed E-state index contributed by atoms with van der Waals surface area (Å²) in [7, 11) is 0. The van der Waals surface area contributed by atoms with Crippen molar-refractivity contribution in [1.29, 1.82) is 0 Å². The highest BCUT2D eigenvalue weighted by molar-refractivity contribution is 9.10. The maximum atomic E-state index is 6.26. The average Bonchev–Trinajstić information content (AvgIpc) is 2.79. The largest absolute Gasteiger partial charge is 0.490 e. The molecule has 2 nitrogen and oxygen atoms in total. The van der Waals surface area contributed by atoms with Crippen molar-refractivity contribution < 1.29 is 4.74 Å². The zero-order valence-corrected chi connectivity index (χ0v) is 13.1. The zero-order chi connectivity index (χ0) is 13.3. The van der Waals surface area contributed by atoms with Crippen LogP contribution in [-0.4, -0.2) is 19.2 Å². The Morgan fingerprint density at radius 1 is 1.26 bits per heavy atom. The van der Waals surface area contributed by atoms with Gasteiger partial charge in [0, 0.05) is 10.0 Å². The van der Waals surface area contributed by atoms with E-state index in [0.717, 1.165) is 10.2 Å². The molecule has 0 radical (unpaired) electrons. The molecular weight excluding hydrogens is 302 g/mol. The van der Waals surface area contributed by atoms with Gasteiger partial charge in [-0.3, -0.25) is 0 Å². The maximum absolute atomic E-state index is 6.26. The van der Waals surface area contributed by atoms with E-state index in [4.69, 9.17) is 4.74 Å². The second kappa shape index (κ2) is 5.45. The minimum Gasteiger partial charge on any atom is -0.490 e. The summed E-state index contributed by atoms with van der Waals surface area (Å²) in [5.74, 6) is 1.05. The van der Waals surface area contributed by atoms with E-state index in [1.807, 2.05) is 0 Å². The molecule has 1 saturated carbocycles. The van der Waals surface area contributed by atoms with Crippen LogP contribution < -0.4 is 10.1 Å². The molecule has 1 atom stereocenters. The van der Waals surface area contributed by atoms with Crippen molar-refractivity contribution in [1.82, 2.24) is 5.32 Å². The van der Waals surface area contributed by atoms with Gasteiger partial charge in [0.2, 0.25) is 0 Å². The Morgan fingerprint density at radius 3 is 2.84 bits per heavy atom. The molecule has 0 unspecified atom stereocenters. The lowest BCUT2D eigenvalue weighted by Crippen LogP contribution is -2.35. The van der Waals surface area contributed by atoms with E-state index in [9.17, 15) is 0 Å². The summed E-state index contributed by atoms with van der Waals surface area (Å²) in [6.45, 7) is 4.49. The lowest BCUT2D eigenvalue weighted by atomic mass is 9.77. The fourth-order valence-electron chi connectivity index (χ4n) is 3.56. The number of nitrogens with one attached hydrogen (secondary N) is 1. The molecule has 104 valence electrons. The number of piperidine rings is 1. The van der Waals surface area contributed by atoms with Gasteiger partial charge in [-0.25, -0.2) is 0 Å².